The quantitative estimate of drug-likeness (QED) is 0.901. The highest BCUT2D eigenvalue weighted by molar-refractivity contribution is 9.10. The maximum Gasteiger partial charge on any atom is 0.416 e. The minimum absolute atomic E-state index is 0.203. The van der Waals surface area contributed by atoms with Crippen molar-refractivity contribution in [2.45, 2.75) is 25.9 Å². The number of hydrogen-bond acceptors (Lipinski definition) is 3. The van der Waals surface area contributed by atoms with Crippen LogP contribution in [-0.4, -0.2) is 9.97 Å². The first kappa shape index (κ1) is 15.8. The predicted molar refractivity (Wildman–Crippen MR) is 77.8 cm³/mol. The third-order valence-corrected chi connectivity index (χ3v) is 3.81. The molecular formula is C14H13BrF3N3. The molecule has 1 heterocycles. The molecule has 2 aromatic rings. The third-order valence-electron chi connectivity index (χ3n) is 2.94. The van der Waals surface area contributed by atoms with Gasteiger partial charge in [0.15, 0.2) is 0 Å². The van der Waals surface area contributed by atoms with Crippen LogP contribution in [0.4, 0.5) is 19.0 Å². The van der Waals surface area contributed by atoms with Crippen LogP contribution in [0.1, 0.15) is 29.6 Å². The van der Waals surface area contributed by atoms with E-state index in [2.05, 4.69) is 25.9 Å². The number of benzene rings is 1. The maximum absolute atomic E-state index is 12.7. The summed E-state index contributed by atoms with van der Waals surface area (Å²) >= 11 is 3.30. The van der Waals surface area contributed by atoms with Gasteiger partial charge in [0.2, 0.25) is 0 Å². The summed E-state index contributed by atoms with van der Waals surface area (Å²) in [5, 5.41) is 0. The van der Waals surface area contributed by atoms with Crippen LogP contribution in [0.15, 0.2) is 28.7 Å². The summed E-state index contributed by atoms with van der Waals surface area (Å²) in [6.45, 7) is 1.92. The fraction of sp³-hybridized carbons (Fsp3) is 0.286. The van der Waals surface area contributed by atoms with Gasteiger partial charge in [0.05, 0.1) is 15.7 Å². The molecule has 0 aliphatic heterocycles. The van der Waals surface area contributed by atoms with Gasteiger partial charge in [-0.05, 0) is 34.0 Å². The second-order valence-corrected chi connectivity index (χ2v) is 5.31. The average molecular weight is 360 g/mol. The highest BCUT2D eigenvalue weighted by atomic mass is 79.9. The van der Waals surface area contributed by atoms with Gasteiger partial charge in [-0.3, -0.25) is 0 Å². The number of anilines is 1. The molecule has 0 spiro atoms. The summed E-state index contributed by atoms with van der Waals surface area (Å²) < 4.78 is 38.7. The van der Waals surface area contributed by atoms with Gasteiger partial charge >= 0.3 is 6.18 Å². The van der Waals surface area contributed by atoms with Crippen molar-refractivity contribution in [2.24, 2.45) is 0 Å². The Balaban J connectivity index is 2.32. The fourth-order valence-corrected chi connectivity index (χ4v) is 2.38. The van der Waals surface area contributed by atoms with Crippen LogP contribution in [0.5, 0.6) is 0 Å². The van der Waals surface area contributed by atoms with Gasteiger partial charge in [0.25, 0.3) is 0 Å². The first-order chi connectivity index (χ1) is 9.81. The van der Waals surface area contributed by atoms with Crippen molar-refractivity contribution in [3.8, 4) is 0 Å². The van der Waals surface area contributed by atoms with Crippen LogP contribution in [-0.2, 0) is 19.0 Å². The molecule has 0 radical (unpaired) electrons. The van der Waals surface area contributed by atoms with E-state index >= 15 is 0 Å². The predicted octanol–water partition coefficient (Wildman–Crippen LogP) is 3.99. The molecular weight excluding hydrogens is 347 g/mol. The molecule has 0 unspecified atom stereocenters. The van der Waals surface area contributed by atoms with Gasteiger partial charge < -0.3 is 5.73 Å². The first-order valence-corrected chi connectivity index (χ1v) is 7.07. The zero-order valence-electron chi connectivity index (χ0n) is 11.2. The molecule has 2 N–H and O–H groups in total. The molecule has 21 heavy (non-hydrogen) atoms. The number of nitrogens with two attached hydrogens (primary N) is 1. The molecule has 0 aliphatic carbocycles. The van der Waals surface area contributed by atoms with E-state index in [-0.39, 0.29) is 6.42 Å². The van der Waals surface area contributed by atoms with E-state index in [1.165, 1.54) is 6.07 Å². The number of nitrogens with zero attached hydrogens (tertiary/aromatic N) is 2. The molecule has 1 aromatic carbocycles. The fourth-order valence-electron chi connectivity index (χ4n) is 1.92. The van der Waals surface area contributed by atoms with Crippen LogP contribution in [0, 0.1) is 0 Å². The topological polar surface area (TPSA) is 51.8 Å². The molecule has 2 rings (SSSR count). The molecule has 0 atom stereocenters. The van der Waals surface area contributed by atoms with Crippen molar-refractivity contribution in [1.29, 1.82) is 0 Å². The van der Waals surface area contributed by atoms with Crippen LogP contribution in [0.25, 0.3) is 0 Å². The molecule has 1 aromatic heterocycles. The van der Waals surface area contributed by atoms with Crippen LogP contribution in [0.2, 0.25) is 0 Å². The van der Waals surface area contributed by atoms with Gasteiger partial charge in [-0.1, -0.05) is 25.1 Å². The first-order valence-electron chi connectivity index (χ1n) is 6.28. The largest absolute Gasteiger partial charge is 0.416 e. The van der Waals surface area contributed by atoms with Crippen molar-refractivity contribution in [3.05, 3.63) is 51.4 Å². The number of alkyl halides is 3. The minimum atomic E-state index is -4.36. The monoisotopic (exact) mass is 359 g/mol. The Kier molecular flexibility index (Phi) is 4.51. The number of rotatable bonds is 3. The van der Waals surface area contributed by atoms with E-state index in [9.17, 15) is 13.2 Å². The third kappa shape index (κ3) is 3.72. The van der Waals surface area contributed by atoms with Crippen molar-refractivity contribution in [3.63, 3.8) is 0 Å². The Morgan fingerprint density at radius 2 is 1.95 bits per heavy atom. The molecule has 0 saturated carbocycles. The SMILES string of the molecule is CCc1nc(Cc2cccc(C(F)(F)F)c2)nc(N)c1Br. The number of aromatic nitrogens is 2. The lowest BCUT2D eigenvalue weighted by Crippen LogP contribution is -2.08. The minimum Gasteiger partial charge on any atom is -0.383 e. The second kappa shape index (κ2) is 6.01. The number of hydrogen-bond donors (Lipinski definition) is 1. The number of nitrogen functional groups attached to an aromatic ring is 1. The molecule has 0 amide bonds. The zero-order chi connectivity index (χ0) is 15.6. The molecule has 112 valence electrons. The van der Waals surface area contributed by atoms with Crippen LogP contribution in [0.3, 0.4) is 0 Å². The molecule has 0 aliphatic rings. The van der Waals surface area contributed by atoms with Gasteiger partial charge in [0.1, 0.15) is 11.6 Å². The molecule has 0 fully saturated rings. The normalized spacial score (nSPS) is 11.7. The summed E-state index contributed by atoms with van der Waals surface area (Å²) in [4.78, 5) is 8.43. The summed E-state index contributed by atoms with van der Waals surface area (Å²) in [5.74, 6) is 0.704. The van der Waals surface area contributed by atoms with E-state index in [4.69, 9.17) is 5.73 Å². The standard InChI is InChI=1S/C14H13BrF3N3/c1-2-10-12(15)13(19)21-11(20-10)7-8-4-3-5-9(6-8)14(16,17)18/h3-6H,2,7H2,1H3,(H2,19,20,21). The Labute approximate surface area is 128 Å². The Morgan fingerprint density at radius 3 is 2.57 bits per heavy atom. The van der Waals surface area contributed by atoms with Gasteiger partial charge in [-0.2, -0.15) is 13.2 Å². The lowest BCUT2D eigenvalue weighted by molar-refractivity contribution is -0.137. The average Bonchev–Trinajstić information content (AvgIpc) is 2.42. The number of aryl methyl sites for hydroxylation is 1. The Morgan fingerprint density at radius 1 is 1.24 bits per heavy atom. The molecule has 0 bridgehead atoms. The van der Waals surface area contributed by atoms with Crippen LogP contribution >= 0.6 is 15.9 Å². The summed E-state index contributed by atoms with van der Waals surface area (Å²) in [6, 6.07) is 5.13. The lowest BCUT2D eigenvalue weighted by Gasteiger charge is -2.10. The van der Waals surface area contributed by atoms with Gasteiger partial charge in [-0.25, -0.2) is 9.97 Å². The van der Waals surface area contributed by atoms with Crippen molar-refractivity contribution in [1.82, 2.24) is 9.97 Å². The lowest BCUT2D eigenvalue weighted by atomic mass is 10.1. The van der Waals surface area contributed by atoms with Crippen LogP contribution < -0.4 is 5.73 Å². The maximum atomic E-state index is 12.7. The van der Waals surface area contributed by atoms with Crippen molar-refractivity contribution in [2.75, 3.05) is 5.73 Å². The van der Waals surface area contributed by atoms with Crippen molar-refractivity contribution >= 4 is 21.7 Å². The Hall–Kier alpha value is -1.63. The van der Waals surface area contributed by atoms with Gasteiger partial charge in [0, 0.05) is 6.42 Å². The highest BCUT2D eigenvalue weighted by Gasteiger charge is 2.30. The van der Waals surface area contributed by atoms with E-state index in [1.54, 1.807) is 6.07 Å². The smallest absolute Gasteiger partial charge is 0.383 e. The van der Waals surface area contributed by atoms with Crippen molar-refractivity contribution < 1.29 is 13.2 Å². The zero-order valence-corrected chi connectivity index (χ0v) is 12.8. The molecule has 3 nitrogen and oxygen atoms in total. The Bertz CT molecular complexity index is 656. The highest BCUT2D eigenvalue weighted by Crippen LogP contribution is 2.30. The molecule has 7 heteroatoms. The van der Waals surface area contributed by atoms with E-state index < -0.39 is 11.7 Å². The number of halogens is 4. The summed E-state index contributed by atoms with van der Waals surface area (Å²) in [7, 11) is 0. The van der Waals surface area contributed by atoms with E-state index in [1.807, 2.05) is 6.92 Å². The summed E-state index contributed by atoms with van der Waals surface area (Å²) in [5.41, 5.74) is 6.33. The van der Waals surface area contributed by atoms with E-state index in [0.717, 1.165) is 17.8 Å². The van der Waals surface area contributed by atoms with E-state index in [0.29, 0.717) is 28.1 Å². The van der Waals surface area contributed by atoms with Gasteiger partial charge in [-0.15, -0.1) is 0 Å². The molecule has 0 saturated heterocycles. The second-order valence-electron chi connectivity index (χ2n) is 4.51. The summed E-state index contributed by atoms with van der Waals surface area (Å²) in [6.07, 6.45) is -3.50.